The van der Waals surface area contributed by atoms with Gasteiger partial charge in [-0.25, -0.2) is 9.97 Å². The lowest BCUT2D eigenvalue weighted by Crippen LogP contribution is -2.15. The van der Waals surface area contributed by atoms with Crippen LogP contribution in [0.3, 0.4) is 0 Å². The van der Waals surface area contributed by atoms with Crippen LogP contribution in [0, 0.1) is 0 Å². The maximum Gasteiger partial charge on any atom is 0.234 e. The quantitative estimate of drug-likeness (QED) is 0.320. The van der Waals surface area contributed by atoms with E-state index < -0.39 is 0 Å². The maximum absolute atomic E-state index is 12.6. The topological polar surface area (TPSA) is 73.3 Å². The molecule has 0 unspecified atom stereocenters. The van der Waals surface area contributed by atoms with Gasteiger partial charge in [-0.15, -0.1) is 11.3 Å². The molecule has 0 aliphatic carbocycles. The molecule has 0 atom stereocenters. The third-order valence-electron chi connectivity index (χ3n) is 4.33. The van der Waals surface area contributed by atoms with Gasteiger partial charge < -0.3 is 14.8 Å². The van der Waals surface area contributed by atoms with Crippen LogP contribution < -0.4 is 14.8 Å². The lowest BCUT2D eigenvalue weighted by molar-refractivity contribution is -0.113. The fourth-order valence-electron chi connectivity index (χ4n) is 2.91. The first-order chi connectivity index (χ1) is 14.7. The van der Waals surface area contributed by atoms with Crippen molar-refractivity contribution >= 4 is 45.6 Å². The van der Waals surface area contributed by atoms with Crippen molar-refractivity contribution in [3.63, 3.8) is 0 Å². The molecule has 0 saturated carbocycles. The number of thioether (sulfide) groups is 1. The molecule has 4 rings (SSSR count). The van der Waals surface area contributed by atoms with Gasteiger partial charge in [0.1, 0.15) is 16.5 Å². The number of nitrogens with zero attached hydrogens (tertiary/aromatic N) is 2. The van der Waals surface area contributed by atoms with E-state index in [1.54, 1.807) is 43.8 Å². The summed E-state index contributed by atoms with van der Waals surface area (Å²) in [6, 6.07) is 17.1. The number of fused-ring (bicyclic) bond motifs is 1. The number of hydrogen-bond donors (Lipinski definition) is 1. The Bertz CT molecular complexity index is 1180. The van der Waals surface area contributed by atoms with Crippen LogP contribution in [0.15, 0.2) is 65.0 Å². The molecule has 0 spiro atoms. The van der Waals surface area contributed by atoms with Crippen LogP contribution in [-0.2, 0) is 4.79 Å². The Hall–Kier alpha value is -3.10. The molecular weight excluding hydrogens is 418 g/mol. The van der Waals surface area contributed by atoms with Gasteiger partial charge in [-0.05, 0) is 29.6 Å². The minimum absolute atomic E-state index is 0.160. The predicted molar refractivity (Wildman–Crippen MR) is 122 cm³/mol. The Morgan fingerprint density at radius 2 is 1.93 bits per heavy atom. The number of amides is 1. The summed E-state index contributed by atoms with van der Waals surface area (Å²) in [5, 5.41) is 6.59. The van der Waals surface area contributed by atoms with E-state index in [1.165, 1.54) is 11.8 Å². The highest BCUT2D eigenvalue weighted by Gasteiger charge is 2.14. The van der Waals surface area contributed by atoms with Gasteiger partial charge in [-0.1, -0.05) is 36.0 Å². The van der Waals surface area contributed by atoms with Crippen LogP contribution in [0.4, 0.5) is 5.69 Å². The standard InChI is InChI=1S/C22H19N3O3S2/c1-27-14-9-10-18(28-2)17(12-14)23-20(26)13-30-22-15-6-3-4-7-16(15)24-21(25-22)19-8-5-11-29-19/h3-12H,13H2,1-2H3,(H,23,26). The molecule has 4 aromatic rings. The molecule has 0 fully saturated rings. The van der Waals surface area contributed by atoms with Crippen molar-refractivity contribution in [2.45, 2.75) is 5.03 Å². The Morgan fingerprint density at radius 1 is 1.07 bits per heavy atom. The number of carbonyl (C=O) groups is 1. The molecular formula is C22H19N3O3S2. The molecule has 6 nitrogen and oxygen atoms in total. The number of methoxy groups -OCH3 is 2. The monoisotopic (exact) mass is 437 g/mol. The van der Waals surface area contributed by atoms with Gasteiger partial charge in [0.05, 0.1) is 36.1 Å². The van der Waals surface area contributed by atoms with Crippen LogP contribution in [-0.4, -0.2) is 35.8 Å². The van der Waals surface area contributed by atoms with Crippen molar-refractivity contribution in [1.29, 1.82) is 0 Å². The molecule has 0 aliphatic heterocycles. The van der Waals surface area contributed by atoms with E-state index in [1.807, 2.05) is 41.8 Å². The summed E-state index contributed by atoms with van der Waals surface area (Å²) in [5.74, 6) is 1.92. The maximum atomic E-state index is 12.6. The summed E-state index contributed by atoms with van der Waals surface area (Å²) in [6.07, 6.45) is 0. The van der Waals surface area contributed by atoms with Crippen molar-refractivity contribution < 1.29 is 14.3 Å². The SMILES string of the molecule is COc1ccc(OC)c(NC(=O)CSc2nc(-c3cccs3)nc3ccccc23)c1. The molecule has 2 heterocycles. The van der Waals surface area contributed by atoms with E-state index >= 15 is 0 Å². The molecule has 1 amide bonds. The Labute approximate surface area is 182 Å². The van der Waals surface area contributed by atoms with Gasteiger partial charge >= 0.3 is 0 Å². The lowest BCUT2D eigenvalue weighted by Gasteiger charge is -2.12. The average Bonchev–Trinajstić information content (AvgIpc) is 3.32. The van der Waals surface area contributed by atoms with E-state index in [9.17, 15) is 4.79 Å². The summed E-state index contributed by atoms with van der Waals surface area (Å²) in [6.45, 7) is 0. The highest BCUT2D eigenvalue weighted by atomic mass is 32.2. The fraction of sp³-hybridized carbons (Fsp3) is 0.136. The molecule has 2 aromatic heterocycles. The number of ether oxygens (including phenoxy) is 2. The molecule has 2 aromatic carbocycles. The van der Waals surface area contributed by atoms with Crippen molar-refractivity contribution in [3.8, 4) is 22.2 Å². The van der Waals surface area contributed by atoms with Crippen molar-refractivity contribution in [2.75, 3.05) is 25.3 Å². The summed E-state index contributed by atoms with van der Waals surface area (Å²) in [5.41, 5.74) is 1.42. The number of thiophene rings is 1. The molecule has 8 heteroatoms. The fourth-order valence-corrected chi connectivity index (χ4v) is 4.38. The van der Waals surface area contributed by atoms with Crippen molar-refractivity contribution in [1.82, 2.24) is 9.97 Å². The Balaban J connectivity index is 1.56. The van der Waals surface area contributed by atoms with Crippen LogP contribution in [0.5, 0.6) is 11.5 Å². The largest absolute Gasteiger partial charge is 0.497 e. The zero-order chi connectivity index (χ0) is 20.9. The molecule has 0 aliphatic rings. The summed E-state index contributed by atoms with van der Waals surface area (Å²) in [4.78, 5) is 23.0. The zero-order valence-corrected chi connectivity index (χ0v) is 18.0. The second kappa shape index (κ2) is 9.15. The number of anilines is 1. The first-order valence-electron chi connectivity index (χ1n) is 9.13. The van der Waals surface area contributed by atoms with Gasteiger partial charge in [-0.3, -0.25) is 4.79 Å². The second-order valence-electron chi connectivity index (χ2n) is 6.25. The number of benzene rings is 2. The number of para-hydroxylation sites is 1. The zero-order valence-electron chi connectivity index (χ0n) is 16.4. The van der Waals surface area contributed by atoms with Gasteiger partial charge in [0.2, 0.25) is 5.91 Å². The van der Waals surface area contributed by atoms with Crippen molar-refractivity contribution in [3.05, 3.63) is 60.0 Å². The van der Waals surface area contributed by atoms with Crippen LogP contribution in [0.2, 0.25) is 0 Å². The van der Waals surface area contributed by atoms with Gasteiger partial charge in [0.15, 0.2) is 5.82 Å². The van der Waals surface area contributed by atoms with E-state index in [0.717, 1.165) is 20.8 Å². The number of aromatic nitrogens is 2. The van der Waals surface area contributed by atoms with E-state index in [0.29, 0.717) is 23.0 Å². The molecule has 0 bridgehead atoms. The third kappa shape index (κ3) is 4.39. The first kappa shape index (κ1) is 20.2. The summed E-state index contributed by atoms with van der Waals surface area (Å²) in [7, 11) is 3.14. The number of rotatable bonds is 7. The average molecular weight is 438 g/mol. The number of nitrogens with one attached hydrogen (secondary N) is 1. The minimum atomic E-state index is -0.160. The Morgan fingerprint density at radius 3 is 2.70 bits per heavy atom. The van der Waals surface area contributed by atoms with E-state index in [4.69, 9.17) is 14.5 Å². The molecule has 30 heavy (non-hydrogen) atoms. The van der Waals surface area contributed by atoms with Crippen LogP contribution >= 0.6 is 23.1 Å². The van der Waals surface area contributed by atoms with Crippen LogP contribution in [0.25, 0.3) is 21.6 Å². The molecule has 0 radical (unpaired) electrons. The van der Waals surface area contributed by atoms with E-state index in [-0.39, 0.29) is 11.7 Å². The lowest BCUT2D eigenvalue weighted by atomic mass is 10.2. The highest BCUT2D eigenvalue weighted by molar-refractivity contribution is 8.00. The summed E-state index contributed by atoms with van der Waals surface area (Å²) < 4.78 is 10.6. The molecule has 152 valence electrons. The number of carbonyl (C=O) groups excluding carboxylic acids is 1. The van der Waals surface area contributed by atoms with Gasteiger partial charge in [0.25, 0.3) is 0 Å². The first-order valence-corrected chi connectivity index (χ1v) is 11.0. The normalized spacial score (nSPS) is 10.7. The summed E-state index contributed by atoms with van der Waals surface area (Å²) >= 11 is 2.97. The van der Waals surface area contributed by atoms with Gasteiger partial charge in [-0.2, -0.15) is 0 Å². The molecule has 0 saturated heterocycles. The second-order valence-corrected chi connectivity index (χ2v) is 8.16. The van der Waals surface area contributed by atoms with E-state index in [2.05, 4.69) is 10.3 Å². The minimum Gasteiger partial charge on any atom is -0.497 e. The van der Waals surface area contributed by atoms with Gasteiger partial charge in [0, 0.05) is 11.5 Å². The van der Waals surface area contributed by atoms with Crippen molar-refractivity contribution in [2.24, 2.45) is 0 Å². The highest BCUT2D eigenvalue weighted by Crippen LogP contribution is 2.31. The third-order valence-corrected chi connectivity index (χ3v) is 6.19. The van der Waals surface area contributed by atoms with Crippen LogP contribution in [0.1, 0.15) is 0 Å². The smallest absolute Gasteiger partial charge is 0.234 e. The predicted octanol–water partition coefficient (Wildman–Crippen LogP) is 5.11. The Kier molecular flexibility index (Phi) is 6.15. The molecule has 1 N–H and O–H groups in total. The number of hydrogen-bond acceptors (Lipinski definition) is 7.